The Morgan fingerprint density at radius 3 is 2.64 bits per heavy atom. The number of benzene rings is 2. The summed E-state index contributed by atoms with van der Waals surface area (Å²) in [7, 11) is 0. The second-order valence-electron chi connectivity index (χ2n) is 5.98. The lowest BCUT2D eigenvalue weighted by atomic mass is 10.2. The number of hydrogen-bond acceptors (Lipinski definition) is 3. The van der Waals surface area contributed by atoms with Crippen LogP contribution in [-0.2, 0) is 17.9 Å². The first kappa shape index (κ1) is 21.8. The van der Waals surface area contributed by atoms with E-state index in [9.17, 15) is 0 Å². The predicted molar refractivity (Wildman–Crippen MR) is 107 cm³/mol. The molecule has 0 saturated heterocycles. The van der Waals surface area contributed by atoms with E-state index in [1.165, 1.54) is 5.56 Å². The molecule has 3 nitrogen and oxygen atoms in total. The van der Waals surface area contributed by atoms with E-state index in [1.807, 2.05) is 36.4 Å². The van der Waals surface area contributed by atoms with Gasteiger partial charge in [-0.1, -0.05) is 41.9 Å². The lowest BCUT2D eigenvalue weighted by Gasteiger charge is -2.10. The van der Waals surface area contributed by atoms with E-state index >= 15 is 0 Å². The highest BCUT2D eigenvalue weighted by Gasteiger charge is 2.02. The van der Waals surface area contributed by atoms with Crippen LogP contribution in [0.5, 0.6) is 5.75 Å². The molecule has 138 valence electrons. The lowest BCUT2D eigenvalue weighted by Crippen LogP contribution is -2.17. The van der Waals surface area contributed by atoms with Crippen LogP contribution >= 0.6 is 24.0 Å². The van der Waals surface area contributed by atoms with Gasteiger partial charge in [0.25, 0.3) is 0 Å². The van der Waals surface area contributed by atoms with Crippen molar-refractivity contribution < 1.29 is 9.47 Å². The predicted octanol–water partition coefficient (Wildman–Crippen LogP) is 5.25. The zero-order valence-electron chi connectivity index (χ0n) is 14.8. The largest absolute Gasteiger partial charge is 0.489 e. The first-order valence-electron chi connectivity index (χ1n) is 8.42. The van der Waals surface area contributed by atoms with E-state index in [-0.39, 0.29) is 12.4 Å². The van der Waals surface area contributed by atoms with Crippen LogP contribution in [0.25, 0.3) is 0 Å². The Kier molecular flexibility index (Phi) is 10.6. The molecule has 0 spiro atoms. The molecule has 0 unspecified atom stereocenters. The first-order valence-corrected chi connectivity index (χ1v) is 8.80. The minimum absolute atomic E-state index is 0. The Labute approximate surface area is 162 Å². The number of halogens is 2. The van der Waals surface area contributed by atoms with Crippen molar-refractivity contribution in [1.29, 1.82) is 0 Å². The molecule has 0 bridgehead atoms. The lowest BCUT2D eigenvalue weighted by molar-refractivity contribution is 0.0770. The standard InChI is InChI=1S/C20H26ClNO2.ClH/c1-16(2)23-12-6-11-22-14-17-7-5-9-19(13-17)24-15-18-8-3-4-10-20(18)21;/h3-5,7-10,13,16,22H,6,11-12,14-15H2,1-2H3;1H. The molecule has 0 aliphatic rings. The Balaban J connectivity index is 0.00000312. The van der Waals surface area contributed by atoms with E-state index in [0.29, 0.717) is 12.7 Å². The Bertz CT molecular complexity index is 620. The fourth-order valence-corrected chi connectivity index (χ4v) is 2.46. The summed E-state index contributed by atoms with van der Waals surface area (Å²) in [5.41, 5.74) is 2.20. The van der Waals surface area contributed by atoms with Gasteiger partial charge >= 0.3 is 0 Å². The molecule has 2 aromatic rings. The van der Waals surface area contributed by atoms with Crippen molar-refractivity contribution >= 4 is 24.0 Å². The second-order valence-corrected chi connectivity index (χ2v) is 6.38. The molecule has 0 radical (unpaired) electrons. The highest BCUT2D eigenvalue weighted by atomic mass is 35.5. The highest BCUT2D eigenvalue weighted by Crippen LogP contribution is 2.19. The van der Waals surface area contributed by atoms with Gasteiger partial charge in [0, 0.05) is 23.7 Å². The molecule has 2 aromatic carbocycles. The second kappa shape index (κ2) is 12.2. The number of nitrogens with one attached hydrogen (secondary N) is 1. The molecule has 0 aliphatic heterocycles. The van der Waals surface area contributed by atoms with Crippen LogP contribution in [0.4, 0.5) is 0 Å². The molecule has 0 aromatic heterocycles. The molecule has 0 fully saturated rings. The zero-order chi connectivity index (χ0) is 17.2. The van der Waals surface area contributed by atoms with Crippen LogP contribution in [0.3, 0.4) is 0 Å². The van der Waals surface area contributed by atoms with Crippen LogP contribution in [0.1, 0.15) is 31.4 Å². The van der Waals surface area contributed by atoms with Gasteiger partial charge in [0.1, 0.15) is 12.4 Å². The molecule has 0 atom stereocenters. The molecule has 1 N–H and O–H groups in total. The van der Waals surface area contributed by atoms with Crippen LogP contribution in [0.15, 0.2) is 48.5 Å². The van der Waals surface area contributed by atoms with Gasteiger partial charge in [-0.25, -0.2) is 0 Å². The van der Waals surface area contributed by atoms with Gasteiger partial charge in [0.15, 0.2) is 0 Å². The fraction of sp³-hybridized carbons (Fsp3) is 0.400. The maximum absolute atomic E-state index is 6.15. The number of hydrogen-bond donors (Lipinski definition) is 1. The van der Waals surface area contributed by atoms with Gasteiger partial charge in [-0.05, 0) is 50.6 Å². The van der Waals surface area contributed by atoms with Gasteiger partial charge < -0.3 is 14.8 Å². The van der Waals surface area contributed by atoms with Gasteiger partial charge in [0.2, 0.25) is 0 Å². The van der Waals surface area contributed by atoms with E-state index in [1.54, 1.807) is 0 Å². The molecule has 0 aliphatic carbocycles. The maximum Gasteiger partial charge on any atom is 0.120 e. The highest BCUT2D eigenvalue weighted by molar-refractivity contribution is 6.31. The van der Waals surface area contributed by atoms with Crippen LogP contribution in [0.2, 0.25) is 5.02 Å². The molecule has 5 heteroatoms. The normalized spacial score (nSPS) is 10.6. The minimum atomic E-state index is 0. The summed E-state index contributed by atoms with van der Waals surface area (Å²) in [5, 5.41) is 4.16. The van der Waals surface area contributed by atoms with Crippen molar-refractivity contribution in [3.05, 3.63) is 64.7 Å². The van der Waals surface area contributed by atoms with E-state index < -0.39 is 0 Å². The van der Waals surface area contributed by atoms with Gasteiger partial charge in [0.05, 0.1) is 6.10 Å². The summed E-state index contributed by atoms with van der Waals surface area (Å²) >= 11 is 6.15. The summed E-state index contributed by atoms with van der Waals surface area (Å²) < 4.78 is 11.4. The fourth-order valence-electron chi connectivity index (χ4n) is 2.27. The van der Waals surface area contributed by atoms with Crippen molar-refractivity contribution in [2.45, 2.75) is 39.5 Å². The van der Waals surface area contributed by atoms with Crippen molar-refractivity contribution in [2.75, 3.05) is 13.2 Å². The van der Waals surface area contributed by atoms with Crippen molar-refractivity contribution in [1.82, 2.24) is 5.32 Å². The smallest absolute Gasteiger partial charge is 0.120 e. The Hall–Kier alpha value is -1.26. The topological polar surface area (TPSA) is 30.5 Å². The summed E-state index contributed by atoms with van der Waals surface area (Å²) in [6.45, 7) is 7.15. The number of ether oxygens (including phenoxy) is 2. The minimum Gasteiger partial charge on any atom is -0.489 e. The third-order valence-corrected chi connectivity index (χ3v) is 3.90. The monoisotopic (exact) mass is 383 g/mol. The first-order chi connectivity index (χ1) is 11.6. The molecule has 0 saturated carbocycles. The SMILES string of the molecule is CC(C)OCCCNCc1cccc(OCc2ccccc2Cl)c1.Cl. The maximum atomic E-state index is 6.15. The molecular formula is C20H27Cl2NO2. The van der Waals surface area contributed by atoms with Crippen molar-refractivity contribution in [2.24, 2.45) is 0 Å². The van der Waals surface area contributed by atoms with Crippen molar-refractivity contribution in [3.63, 3.8) is 0 Å². The number of rotatable bonds is 10. The Morgan fingerprint density at radius 2 is 1.88 bits per heavy atom. The average molecular weight is 384 g/mol. The van der Waals surface area contributed by atoms with E-state index in [0.717, 1.165) is 42.5 Å². The Morgan fingerprint density at radius 1 is 1.08 bits per heavy atom. The third-order valence-electron chi connectivity index (χ3n) is 3.53. The van der Waals surface area contributed by atoms with Gasteiger partial charge in [-0.15, -0.1) is 12.4 Å². The van der Waals surface area contributed by atoms with Crippen molar-refractivity contribution in [3.8, 4) is 5.75 Å². The summed E-state index contributed by atoms with van der Waals surface area (Å²) in [5.74, 6) is 0.859. The summed E-state index contributed by atoms with van der Waals surface area (Å²) in [6, 6.07) is 15.9. The molecule has 25 heavy (non-hydrogen) atoms. The molecule has 2 rings (SSSR count). The van der Waals surface area contributed by atoms with Crippen LogP contribution < -0.4 is 10.1 Å². The zero-order valence-corrected chi connectivity index (χ0v) is 16.4. The molecular weight excluding hydrogens is 357 g/mol. The quantitative estimate of drug-likeness (QED) is 0.568. The average Bonchev–Trinajstić information content (AvgIpc) is 2.57. The van der Waals surface area contributed by atoms with Crippen LogP contribution in [-0.4, -0.2) is 19.3 Å². The van der Waals surface area contributed by atoms with Gasteiger partial charge in [-0.2, -0.15) is 0 Å². The third kappa shape index (κ3) is 8.59. The van der Waals surface area contributed by atoms with E-state index in [2.05, 4.69) is 31.3 Å². The van der Waals surface area contributed by atoms with Gasteiger partial charge in [-0.3, -0.25) is 0 Å². The van der Waals surface area contributed by atoms with Crippen LogP contribution in [0, 0.1) is 0 Å². The summed E-state index contributed by atoms with van der Waals surface area (Å²) in [4.78, 5) is 0. The summed E-state index contributed by atoms with van der Waals surface area (Å²) in [6.07, 6.45) is 1.32. The molecule has 0 amide bonds. The molecule has 0 heterocycles. The van der Waals surface area contributed by atoms with E-state index in [4.69, 9.17) is 21.1 Å².